The summed E-state index contributed by atoms with van der Waals surface area (Å²) in [5.74, 6) is 0.871. The van der Waals surface area contributed by atoms with Crippen LogP contribution in [0.15, 0.2) is 18.2 Å². The Kier molecular flexibility index (Phi) is 5.75. The quantitative estimate of drug-likeness (QED) is 0.706. The van der Waals surface area contributed by atoms with Crippen molar-refractivity contribution >= 4 is 8.60 Å². The van der Waals surface area contributed by atoms with E-state index in [-0.39, 0.29) is 0 Å². The summed E-state index contributed by atoms with van der Waals surface area (Å²) in [6, 6.07) is 6.06. The summed E-state index contributed by atoms with van der Waals surface area (Å²) in [5, 5.41) is 0. The van der Waals surface area contributed by atoms with E-state index in [0.29, 0.717) is 13.2 Å². The van der Waals surface area contributed by atoms with Crippen molar-refractivity contribution in [1.82, 2.24) is 0 Å². The van der Waals surface area contributed by atoms with Gasteiger partial charge >= 0.3 is 8.60 Å². The summed E-state index contributed by atoms with van der Waals surface area (Å²) in [4.78, 5) is 0. The van der Waals surface area contributed by atoms with E-state index in [1.54, 1.807) is 0 Å². The molecule has 0 N–H and O–H groups in total. The summed E-state index contributed by atoms with van der Waals surface area (Å²) >= 11 is 0. The average molecular weight is 242 g/mol. The molecule has 1 aromatic rings. The van der Waals surface area contributed by atoms with E-state index in [2.05, 4.69) is 0 Å². The van der Waals surface area contributed by atoms with Crippen LogP contribution in [-0.4, -0.2) is 13.2 Å². The second-order valence-corrected chi connectivity index (χ2v) is 4.52. The number of benzene rings is 1. The third-order valence-corrected chi connectivity index (χ3v) is 3.31. The zero-order chi connectivity index (χ0) is 12.0. The Balaban J connectivity index is 2.76. The highest BCUT2D eigenvalue weighted by molar-refractivity contribution is 7.42. The highest BCUT2D eigenvalue weighted by Crippen LogP contribution is 2.42. The van der Waals surface area contributed by atoms with Crippen molar-refractivity contribution in [3.8, 4) is 5.75 Å². The van der Waals surface area contributed by atoms with Crippen LogP contribution < -0.4 is 4.52 Å². The van der Waals surface area contributed by atoms with Gasteiger partial charge in [0.2, 0.25) is 0 Å². The molecule has 16 heavy (non-hydrogen) atoms. The smallest absolute Gasteiger partial charge is 0.397 e. The fourth-order valence-corrected chi connectivity index (χ4v) is 2.36. The third kappa shape index (κ3) is 3.75. The zero-order valence-electron chi connectivity index (χ0n) is 10.3. The Morgan fingerprint density at radius 1 is 1.00 bits per heavy atom. The lowest BCUT2D eigenvalue weighted by Gasteiger charge is -2.18. The second-order valence-electron chi connectivity index (χ2n) is 3.37. The molecule has 0 aliphatic carbocycles. The molecule has 1 aromatic carbocycles. The molecule has 0 saturated carbocycles. The predicted octanol–water partition coefficient (Wildman–Crippen LogP) is 3.98. The van der Waals surface area contributed by atoms with Crippen LogP contribution >= 0.6 is 8.60 Å². The van der Waals surface area contributed by atoms with Crippen LogP contribution in [0.2, 0.25) is 0 Å². The standard InChI is InChI=1S/C12H19O3P/c1-5-13-16(14-6-2)15-12-10(3)8-7-9-11(12)4/h7-9H,5-6H2,1-4H3. The summed E-state index contributed by atoms with van der Waals surface area (Å²) < 4.78 is 16.6. The monoisotopic (exact) mass is 242 g/mol. The largest absolute Gasteiger partial charge is 0.426 e. The highest BCUT2D eigenvalue weighted by Gasteiger charge is 2.15. The van der Waals surface area contributed by atoms with Gasteiger partial charge in [0.05, 0.1) is 13.2 Å². The normalized spacial score (nSPS) is 10.8. The van der Waals surface area contributed by atoms with Gasteiger partial charge in [0, 0.05) is 0 Å². The molecular weight excluding hydrogens is 223 g/mol. The number of hydrogen-bond donors (Lipinski definition) is 0. The minimum Gasteiger partial charge on any atom is -0.426 e. The minimum atomic E-state index is -1.27. The summed E-state index contributed by atoms with van der Waals surface area (Å²) in [6.07, 6.45) is 0. The van der Waals surface area contributed by atoms with Gasteiger partial charge in [-0.1, -0.05) is 18.2 Å². The van der Waals surface area contributed by atoms with E-state index in [1.165, 1.54) is 0 Å². The molecule has 1 rings (SSSR count). The summed E-state index contributed by atoms with van der Waals surface area (Å²) in [5.41, 5.74) is 2.21. The Morgan fingerprint density at radius 3 is 1.94 bits per heavy atom. The second kappa shape index (κ2) is 6.85. The third-order valence-electron chi connectivity index (χ3n) is 2.04. The molecule has 0 atom stereocenters. The van der Waals surface area contributed by atoms with Gasteiger partial charge in [-0.15, -0.1) is 0 Å². The number of aryl methyl sites for hydroxylation is 2. The van der Waals surface area contributed by atoms with Crippen LogP contribution in [0.1, 0.15) is 25.0 Å². The number of rotatable bonds is 6. The fourth-order valence-electron chi connectivity index (χ4n) is 1.32. The molecule has 0 aliphatic heterocycles. The van der Waals surface area contributed by atoms with Gasteiger partial charge in [-0.2, -0.15) is 0 Å². The molecule has 90 valence electrons. The van der Waals surface area contributed by atoms with E-state index < -0.39 is 8.60 Å². The molecule has 0 heterocycles. The van der Waals surface area contributed by atoms with Crippen molar-refractivity contribution in [2.45, 2.75) is 27.7 Å². The van der Waals surface area contributed by atoms with Gasteiger partial charge in [0.25, 0.3) is 0 Å². The van der Waals surface area contributed by atoms with Gasteiger partial charge in [0.15, 0.2) is 0 Å². The van der Waals surface area contributed by atoms with Crippen LogP contribution in [0, 0.1) is 13.8 Å². The maximum Gasteiger partial charge on any atom is 0.397 e. The number of hydrogen-bond acceptors (Lipinski definition) is 3. The Labute approximate surface area is 98.7 Å². The molecule has 0 amide bonds. The molecule has 0 radical (unpaired) electrons. The van der Waals surface area contributed by atoms with Crippen molar-refractivity contribution in [3.05, 3.63) is 29.3 Å². The van der Waals surface area contributed by atoms with E-state index in [1.807, 2.05) is 45.9 Å². The number of para-hydroxylation sites is 1. The first-order chi connectivity index (χ1) is 7.69. The Bertz CT molecular complexity index is 302. The lowest BCUT2D eigenvalue weighted by atomic mass is 10.1. The van der Waals surface area contributed by atoms with Crippen molar-refractivity contribution in [3.63, 3.8) is 0 Å². The van der Waals surface area contributed by atoms with Crippen molar-refractivity contribution < 1.29 is 13.6 Å². The molecule has 0 aromatic heterocycles. The molecule has 0 fully saturated rings. The predicted molar refractivity (Wildman–Crippen MR) is 66.7 cm³/mol. The van der Waals surface area contributed by atoms with E-state index in [0.717, 1.165) is 16.9 Å². The van der Waals surface area contributed by atoms with Crippen molar-refractivity contribution in [2.24, 2.45) is 0 Å². The lowest BCUT2D eigenvalue weighted by Crippen LogP contribution is -1.99. The van der Waals surface area contributed by atoms with Gasteiger partial charge < -0.3 is 13.6 Å². The zero-order valence-corrected chi connectivity index (χ0v) is 11.2. The Morgan fingerprint density at radius 2 is 1.50 bits per heavy atom. The fraction of sp³-hybridized carbons (Fsp3) is 0.500. The molecule has 0 spiro atoms. The van der Waals surface area contributed by atoms with Crippen molar-refractivity contribution in [2.75, 3.05) is 13.2 Å². The first-order valence-electron chi connectivity index (χ1n) is 5.49. The summed E-state index contributed by atoms with van der Waals surface area (Å²) in [6.45, 7) is 9.10. The van der Waals surface area contributed by atoms with Crippen LogP contribution in [0.3, 0.4) is 0 Å². The van der Waals surface area contributed by atoms with Crippen molar-refractivity contribution in [1.29, 1.82) is 0 Å². The van der Waals surface area contributed by atoms with Gasteiger partial charge in [-0.05, 0) is 38.8 Å². The van der Waals surface area contributed by atoms with E-state index in [4.69, 9.17) is 13.6 Å². The van der Waals surface area contributed by atoms with E-state index >= 15 is 0 Å². The van der Waals surface area contributed by atoms with Crippen LogP contribution in [-0.2, 0) is 9.05 Å². The molecule has 0 bridgehead atoms. The lowest BCUT2D eigenvalue weighted by molar-refractivity contribution is 0.220. The average Bonchev–Trinajstić information content (AvgIpc) is 2.24. The first kappa shape index (κ1) is 13.4. The SMILES string of the molecule is CCOP(OCC)Oc1c(C)cccc1C. The Hall–Kier alpha value is -0.630. The minimum absolute atomic E-state index is 0.594. The van der Waals surface area contributed by atoms with E-state index in [9.17, 15) is 0 Å². The maximum absolute atomic E-state index is 5.78. The topological polar surface area (TPSA) is 27.7 Å². The summed E-state index contributed by atoms with van der Waals surface area (Å²) in [7, 11) is -1.27. The van der Waals surface area contributed by atoms with Gasteiger partial charge in [-0.3, -0.25) is 0 Å². The molecular formula is C12H19O3P. The molecule has 0 saturated heterocycles. The van der Waals surface area contributed by atoms with Crippen LogP contribution in [0.4, 0.5) is 0 Å². The molecule has 3 nitrogen and oxygen atoms in total. The van der Waals surface area contributed by atoms with Crippen LogP contribution in [0.5, 0.6) is 5.75 Å². The van der Waals surface area contributed by atoms with Gasteiger partial charge in [0.1, 0.15) is 5.75 Å². The molecule has 0 aliphatic rings. The van der Waals surface area contributed by atoms with Crippen LogP contribution in [0.25, 0.3) is 0 Å². The highest BCUT2D eigenvalue weighted by atomic mass is 31.2. The van der Waals surface area contributed by atoms with Gasteiger partial charge in [-0.25, -0.2) is 0 Å². The maximum atomic E-state index is 5.78. The first-order valence-corrected chi connectivity index (χ1v) is 6.58. The molecule has 0 unspecified atom stereocenters. The molecule has 4 heteroatoms.